The Balaban J connectivity index is 2.11. The molecule has 1 atom stereocenters. The maximum absolute atomic E-state index is 5.66. The van der Waals surface area contributed by atoms with Crippen LogP contribution >= 0.6 is 0 Å². The lowest BCUT2D eigenvalue weighted by Gasteiger charge is -2.19. The second-order valence-corrected chi connectivity index (χ2v) is 5.21. The molecule has 1 unspecified atom stereocenters. The number of hydrogen-bond acceptors (Lipinski definition) is 1. The van der Waals surface area contributed by atoms with E-state index in [1.54, 1.807) is 0 Å². The largest absolute Gasteiger partial charge is 0.347 e. The first kappa shape index (κ1) is 10.8. The summed E-state index contributed by atoms with van der Waals surface area (Å²) in [5.41, 5.74) is 10.1. The van der Waals surface area contributed by atoms with Crippen LogP contribution in [0.5, 0.6) is 0 Å². The van der Waals surface area contributed by atoms with Crippen molar-refractivity contribution in [3.63, 3.8) is 0 Å². The second-order valence-electron chi connectivity index (χ2n) is 5.21. The van der Waals surface area contributed by atoms with Crippen LogP contribution in [0.2, 0.25) is 0 Å². The van der Waals surface area contributed by atoms with Crippen LogP contribution in [0, 0.1) is 0 Å². The maximum Gasteiger partial charge on any atom is 0.0513 e. The quantitative estimate of drug-likeness (QED) is 0.860. The van der Waals surface area contributed by atoms with Crippen LogP contribution < -0.4 is 5.73 Å². The van der Waals surface area contributed by atoms with Gasteiger partial charge in [0, 0.05) is 18.1 Å². The molecule has 0 fully saturated rings. The average molecular weight is 228 g/mol. The molecule has 0 saturated heterocycles. The van der Waals surface area contributed by atoms with Gasteiger partial charge in [-0.3, -0.25) is 0 Å². The molecule has 0 spiro atoms. The molecule has 0 aliphatic carbocycles. The van der Waals surface area contributed by atoms with Crippen LogP contribution in [-0.4, -0.2) is 11.1 Å². The molecule has 0 radical (unpaired) electrons. The normalized spacial score (nSPS) is 16.4. The molecule has 1 aliphatic heterocycles. The van der Waals surface area contributed by atoms with E-state index in [1.807, 2.05) is 0 Å². The van der Waals surface area contributed by atoms with Crippen molar-refractivity contribution in [1.82, 2.24) is 4.57 Å². The summed E-state index contributed by atoms with van der Waals surface area (Å²) in [5.74, 6) is 0.575. The third-order valence-electron chi connectivity index (χ3n) is 3.98. The molecule has 2 heteroatoms. The fourth-order valence-corrected chi connectivity index (χ4v) is 2.98. The number of rotatable bonds is 3. The molecule has 0 saturated carbocycles. The molecule has 1 aromatic carbocycles. The Bertz CT molecular complexity index is 539. The first-order chi connectivity index (χ1) is 8.29. The predicted molar refractivity (Wildman–Crippen MR) is 72.3 cm³/mol. The Kier molecular flexibility index (Phi) is 2.67. The monoisotopic (exact) mass is 228 g/mol. The SMILES string of the molecule is CC(CCN)c1cc2c3c(ccn3CCC2)c1. The van der Waals surface area contributed by atoms with Crippen LogP contribution in [0.25, 0.3) is 10.9 Å². The number of hydrogen-bond donors (Lipinski definition) is 1. The van der Waals surface area contributed by atoms with Crippen molar-refractivity contribution in [3.05, 3.63) is 35.5 Å². The number of nitrogens with zero attached hydrogens (tertiary/aromatic N) is 1. The lowest BCUT2D eigenvalue weighted by molar-refractivity contribution is 0.633. The van der Waals surface area contributed by atoms with Crippen molar-refractivity contribution in [2.45, 2.75) is 38.6 Å². The second kappa shape index (κ2) is 4.19. The zero-order valence-corrected chi connectivity index (χ0v) is 10.4. The summed E-state index contributed by atoms with van der Waals surface area (Å²) >= 11 is 0. The van der Waals surface area contributed by atoms with E-state index in [0.29, 0.717) is 5.92 Å². The van der Waals surface area contributed by atoms with Crippen molar-refractivity contribution in [3.8, 4) is 0 Å². The van der Waals surface area contributed by atoms with Crippen molar-refractivity contribution in [2.24, 2.45) is 5.73 Å². The van der Waals surface area contributed by atoms with Crippen molar-refractivity contribution in [1.29, 1.82) is 0 Å². The molecule has 0 amide bonds. The van der Waals surface area contributed by atoms with Gasteiger partial charge in [-0.05, 0) is 55.0 Å². The van der Waals surface area contributed by atoms with E-state index in [0.717, 1.165) is 13.0 Å². The summed E-state index contributed by atoms with van der Waals surface area (Å²) in [5, 5.41) is 1.40. The Morgan fingerprint density at radius 2 is 2.29 bits per heavy atom. The van der Waals surface area contributed by atoms with E-state index in [4.69, 9.17) is 5.73 Å². The molecule has 2 nitrogen and oxygen atoms in total. The summed E-state index contributed by atoms with van der Waals surface area (Å²) in [4.78, 5) is 0. The van der Waals surface area contributed by atoms with Gasteiger partial charge < -0.3 is 10.3 Å². The van der Waals surface area contributed by atoms with Gasteiger partial charge in [0.25, 0.3) is 0 Å². The van der Waals surface area contributed by atoms with Crippen molar-refractivity contribution < 1.29 is 0 Å². The molecular weight excluding hydrogens is 208 g/mol. The van der Waals surface area contributed by atoms with Gasteiger partial charge >= 0.3 is 0 Å². The van der Waals surface area contributed by atoms with Gasteiger partial charge in [-0.1, -0.05) is 13.0 Å². The van der Waals surface area contributed by atoms with E-state index in [9.17, 15) is 0 Å². The third-order valence-corrected chi connectivity index (χ3v) is 3.98. The molecule has 2 heterocycles. The first-order valence-electron chi connectivity index (χ1n) is 6.61. The Hall–Kier alpha value is -1.28. The minimum Gasteiger partial charge on any atom is -0.347 e. The average Bonchev–Trinajstić information content (AvgIpc) is 2.75. The van der Waals surface area contributed by atoms with E-state index in [-0.39, 0.29) is 0 Å². The lowest BCUT2D eigenvalue weighted by atomic mass is 9.92. The van der Waals surface area contributed by atoms with Gasteiger partial charge in [-0.15, -0.1) is 0 Å². The lowest BCUT2D eigenvalue weighted by Crippen LogP contribution is -2.09. The maximum atomic E-state index is 5.66. The summed E-state index contributed by atoms with van der Waals surface area (Å²) in [6.45, 7) is 4.23. The summed E-state index contributed by atoms with van der Waals surface area (Å²) in [7, 11) is 0. The third kappa shape index (κ3) is 1.77. The zero-order valence-electron chi connectivity index (χ0n) is 10.4. The highest BCUT2D eigenvalue weighted by molar-refractivity contribution is 5.85. The van der Waals surface area contributed by atoms with Gasteiger partial charge in [0.1, 0.15) is 0 Å². The molecule has 1 aliphatic rings. The summed E-state index contributed by atoms with van der Waals surface area (Å²) < 4.78 is 2.39. The minimum atomic E-state index is 0.575. The summed E-state index contributed by atoms with van der Waals surface area (Å²) in [6.07, 6.45) is 5.80. The highest BCUT2D eigenvalue weighted by Gasteiger charge is 2.15. The number of aryl methyl sites for hydroxylation is 2. The van der Waals surface area contributed by atoms with E-state index >= 15 is 0 Å². The van der Waals surface area contributed by atoms with E-state index in [2.05, 4.69) is 35.9 Å². The Morgan fingerprint density at radius 1 is 1.41 bits per heavy atom. The van der Waals surface area contributed by atoms with Crippen LogP contribution in [-0.2, 0) is 13.0 Å². The van der Waals surface area contributed by atoms with Gasteiger partial charge in [0.15, 0.2) is 0 Å². The molecule has 17 heavy (non-hydrogen) atoms. The smallest absolute Gasteiger partial charge is 0.0513 e. The van der Waals surface area contributed by atoms with E-state index < -0.39 is 0 Å². The molecule has 2 aromatic rings. The number of aromatic nitrogens is 1. The number of benzene rings is 1. The van der Waals surface area contributed by atoms with Gasteiger partial charge in [0.05, 0.1) is 5.52 Å². The number of nitrogens with two attached hydrogens (primary N) is 1. The highest BCUT2D eigenvalue weighted by Crippen LogP contribution is 2.31. The van der Waals surface area contributed by atoms with Crippen LogP contribution in [0.3, 0.4) is 0 Å². The Morgan fingerprint density at radius 3 is 3.12 bits per heavy atom. The molecule has 2 N–H and O–H groups in total. The van der Waals surface area contributed by atoms with Crippen LogP contribution in [0.4, 0.5) is 0 Å². The first-order valence-corrected chi connectivity index (χ1v) is 6.61. The van der Waals surface area contributed by atoms with Crippen LogP contribution in [0.1, 0.15) is 36.8 Å². The van der Waals surface area contributed by atoms with Crippen LogP contribution in [0.15, 0.2) is 24.4 Å². The standard InChI is InChI=1S/C15H20N2/c1-11(4-6-16)14-9-12-3-2-7-17-8-5-13(10-14)15(12)17/h5,8-11H,2-4,6-7,16H2,1H3. The topological polar surface area (TPSA) is 30.9 Å². The fraction of sp³-hybridized carbons (Fsp3) is 0.467. The molecule has 0 bridgehead atoms. The van der Waals surface area contributed by atoms with Gasteiger partial charge in [-0.25, -0.2) is 0 Å². The highest BCUT2D eigenvalue weighted by atomic mass is 15.0. The van der Waals surface area contributed by atoms with Gasteiger partial charge in [-0.2, -0.15) is 0 Å². The van der Waals surface area contributed by atoms with Crippen molar-refractivity contribution >= 4 is 10.9 Å². The minimum absolute atomic E-state index is 0.575. The molecule has 1 aromatic heterocycles. The zero-order chi connectivity index (χ0) is 11.8. The molecule has 90 valence electrons. The Labute approximate surface area is 102 Å². The summed E-state index contributed by atoms with van der Waals surface area (Å²) in [6, 6.07) is 7.00. The fourth-order valence-electron chi connectivity index (χ4n) is 2.98. The van der Waals surface area contributed by atoms with Crippen molar-refractivity contribution in [2.75, 3.05) is 6.54 Å². The predicted octanol–water partition coefficient (Wildman–Crippen LogP) is 3.04. The molecule has 3 rings (SSSR count). The van der Waals surface area contributed by atoms with E-state index in [1.165, 1.54) is 41.4 Å². The molecular formula is C15H20N2. The van der Waals surface area contributed by atoms with Gasteiger partial charge in [0.2, 0.25) is 0 Å².